The summed E-state index contributed by atoms with van der Waals surface area (Å²) in [6.07, 6.45) is 3.19. The van der Waals surface area contributed by atoms with Gasteiger partial charge in [0, 0.05) is 26.0 Å². The molecule has 2 aromatic heterocycles. The van der Waals surface area contributed by atoms with Gasteiger partial charge in [0.15, 0.2) is 11.4 Å². The summed E-state index contributed by atoms with van der Waals surface area (Å²) in [5, 5.41) is 10.7. The lowest BCUT2D eigenvalue weighted by molar-refractivity contribution is 0.0594. The third kappa shape index (κ3) is 3.31. The number of ether oxygens (including phenoxy) is 2. The number of hydrogen-bond acceptors (Lipinski definition) is 6. The molecule has 0 aliphatic heterocycles. The number of methoxy groups -OCH3 is 2. The fraction of sp³-hybridized carbons (Fsp3) is 0.385. The summed E-state index contributed by atoms with van der Waals surface area (Å²) < 4.78 is 12.6. The van der Waals surface area contributed by atoms with Crippen molar-refractivity contribution in [1.82, 2.24) is 19.6 Å². The van der Waals surface area contributed by atoms with Crippen LogP contribution in [0.3, 0.4) is 0 Å². The van der Waals surface area contributed by atoms with E-state index in [2.05, 4.69) is 20.3 Å². The number of anilines is 1. The molecule has 0 bridgehead atoms. The maximum Gasteiger partial charge on any atom is 0.360 e. The van der Waals surface area contributed by atoms with Crippen LogP contribution in [0.2, 0.25) is 0 Å². The lowest BCUT2D eigenvalue weighted by Gasteiger charge is -2.02. The summed E-state index contributed by atoms with van der Waals surface area (Å²) >= 11 is 0. The van der Waals surface area contributed by atoms with E-state index in [0.29, 0.717) is 6.54 Å². The van der Waals surface area contributed by atoms with Crippen molar-refractivity contribution in [3.8, 4) is 0 Å². The molecule has 0 saturated carbocycles. The van der Waals surface area contributed by atoms with E-state index in [1.54, 1.807) is 18.5 Å². The average molecular weight is 307 g/mol. The number of hydrogen-bond donors (Lipinski definition) is 1. The van der Waals surface area contributed by atoms with Crippen LogP contribution in [-0.2, 0) is 22.7 Å². The Balaban J connectivity index is 2.19. The van der Waals surface area contributed by atoms with E-state index in [1.807, 2.05) is 6.92 Å². The molecular weight excluding hydrogens is 290 g/mol. The van der Waals surface area contributed by atoms with Crippen LogP contribution in [0.25, 0.3) is 0 Å². The second-order valence-electron chi connectivity index (χ2n) is 4.35. The molecule has 2 heterocycles. The van der Waals surface area contributed by atoms with Crippen molar-refractivity contribution in [2.45, 2.75) is 20.2 Å². The predicted octanol–water partition coefficient (Wildman–Crippen LogP) is 0.742. The number of aryl methyl sites for hydroxylation is 1. The average Bonchev–Trinajstić information content (AvgIpc) is 3.13. The second kappa shape index (κ2) is 6.85. The molecular formula is C13H17N5O4. The lowest BCUT2D eigenvalue weighted by Crippen LogP contribution is -2.16. The van der Waals surface area contributed by atoms with Gasteiger partial charge in [-0.25, -0.2) is 9.48 Å². The van der Waals surface area contributed by atoms with Gasteiger partial charge >= 0.3 is 5.97 Å². The molecule has 0 aliphatic carbocycles. The van der Waals surface area contributed by atoms with Crippen LogP contribution in [0, 0.1) is 0 Å². The quantitative estimate of drug-likeness (QED) is 0.790. The molecule has 0 spiro atoms. The number of nitrogens with zero attached hydrogens (tertiary/aromatic N) is 4. The van der Waals surface area contributed by atoms with Crippen LogP contribution in [0.1, 0.15) is 27.9 Å². The topological polar surface area (TPSA) is 100 Å². The molecule has 0 aliphatic rings. The molecule has 22 heavy (non-hydrogen) atoms. The van der Waals surface area contributed by atoms with Gasteiger partial charge in [0.05, 0.1) is 12.8 Å². The Morgan fingerprint density at radius 3 is 2.68 bits per heavy atom. The van der Waals surface area contributed by atoms with Gasteiger partial charge in [0.2, 0.25) is 0 Å². The lowest BCUT2D eigenvalue weighted by atomic mass is 10.3. The highest BCUT2D eigenvalue weighted by Crippen LogP contribution is 2.16. The van der Waals surface area contributed by atoms with Crippen LogP contribution in [0.5, 0.6) is 0 Å². The van der Waals surface area contributed by atoms with Crippen LogP contribution in [-0.4, -0.2) is 45.7 Å². The molecule has 0 unspecified atom stereocenters. The highest BCUT2D eigenvalue weighted by atomic mass is 16.5. The highest BCUT2D eigenvalue weighted by molar-refractivity contribution is 6.06. The molecule has 118 valence electrons. The number of esters is 1. The first kappa shape index (κ1) is 15.7. The van der Waals surface area contributed by atoms with Crippen LogP contribution in [0.15, 0.2) is 18.5 Å². The smallest absolute Gasteiger partial charge is 0.360 e. The van der Waals surface area contributed by atoms with E-state index in [9.17, 15) is 9.59 Å². The van der Waals surface area contributed by atoms with E-state index < -0.39 is 11.9 Å². The van der Waals surface area contributed by atoms with Crippen molar-refractivity contribution in [2.24, 2.45) is 0 Å². The maximum atomic E-state index is 12.2. The first-order chi connectivity index (χ1) is 10.6. The fourth-order valence-electron chi connectivity index (χ4n) is 1.80. The van der Waals surface area contributed by atoms with Gasteiger partial charge < -0.3 is 14.8 Å². The monoisotopic (exact) mass is 307 g/mol. The highest BCUT2D eigenvalue weighted by Gasteiger charge is 2.20. The second-order valence-corrected chi connectivity index (χ2v) is 4.35. The number of nitrogens with one attached hydrogen (secondary N) is 1. The minimum atomic E-state index is -0.618. The maximum absolute atomic E-state index is 12.2. The molecule has 0 fully saturated rings. The van der Waals surface area contributed by atoms with Crippen molar-refractivity contribution < 1.29 is 19.1 Å². The third-order valence-electron chi connectivity index (χ3n) is 2.85. The van der Waals surface area contributed by atoms with Gasteiger partial charge in [-0.1, -0.05) is 0 Å². The zero-order chi connectivity index (χ0) is 16.1. The number of carbonyl (C=O) groups is 2. The van der Waals surface area contributed by atoms with Gasteiger partial charge in [-0.15, -0.1) is 0 Å². The van der Waals surface area contributed by atoms with Crippen molar-refractivity contribution in [2.75, 3.05) is 19.5 Å². The fourth-order valence-corrected chi connectivity index (χ4v) is 1.80. The van der Waals surface area contributed by atoms with Crippen LogP contribution in [0.4, 0.5) is 5.69 Å². The molecule has 2 aromatic rings. The SMILES string of the molecule is CCn1cc(NC(=O)c2ccn(COC)n2)c(C(=O)OC)n1. The number of carbonyl (C=O) groups excluding carboxylic acids is 2. The first-order valence-corrected chi connectivity index (χ1v) is 6.58. The summed E-state index contributed by atoms with van der Waals surface area (Å²) in [6.45, 7) is 2.67. The third-order valence-corrected chi connectivity index (χ3v) is 2.85. The van der Waals surface area contributed by atoms with E-state index >= 15 is 0 Å². The zero-order valence-electron chi connectivity index (χ0n) is 12.6. The van der Waals surface area contributed by atoms with Crippen molar-refractivity contribution >= 4 is 17.6 Å². The Labute approximate surface area is 126 Å². The molecule has 0 aromatic carbocycles. The summed E-state index contributed by atoms with van der Waals surface area (Å²) in [6, 6.07) is 1.55. The van der Waals surface area contributed by atoms with Gasteiger partial charge in [-0.05, 0) is 13.0 Å². The van der Waals surface area contributed by atoms with Crippen molar-refractivity contribution in [3.05, 3.63) is 29.8 Å². The van der Waals surface area contributed by atoms with E-state index in [0.717, 1.165) is 0 Å². The standard InChI is InChI=1S/C13H17N5O4/c1-4-17-7-10(11(16-17)13(20)22-3)14-12(19)9-5-6-18(15-9)8-21-2/h5-7H,4,8H2,1-3H3,(H,14,19). The van der Waals surface area contributed by atoms with E-state index in [1.165, 1.54) is 23.6 Å². The normalized spacial score (nSPS) is 10.5. The summed E-state index contributed by atoms with van der Waals surface area (Å²) in [4.78, 5) is 23.9. The van der Waals surface area contributed by atoms with Gasteiger partial charge in [0.1, 0.15) is 6.73 Å². The Kier molecular flexibility index (Phi) is 4.89. The summed E-state index contributed by atoms with van der Waals surface area (Å²) in [5.41, 5.74) is 0.533. The van der Waals surface area contributed by atoms with Gasteiger partial charge in [-0.3, -0.25) is 9.48 Å². The zero-order valence-corrected chi connectivity index (χ0v) is 12.6. The predicted molar refractivity (Wildman–Crippen MR) is 76.4 cm³/mol. The molecule has 2 rings (SSSR count). The molecule has 1 N–H and O–H groups in total. The number of amides is 1. The number of rotatable bonds is 6. The van der Waals surface area contributed by atoms with E-state index in [4.69, 9.17) is 4.74 Å². The molecule has 0 atom stereocenters. The minimum absolute atomic E-state index is 0.0500. The van der Waals surface area contributed by atoms with Crippen molar-refractivity contribution in [3.63, 3.8) is 0 Å². The van der Waals surface area contributed by atoms with Gasteiger partial charge in [0.25, 0.3) is 5.91 Å². The minimum Gasteiger partial charge on any atom is -0.464 e. The van der Waals surface area contributed by atoms with Crippen molar-refractivity contribution in [1.29, 1.82) is 0 Å². The van der Waals surface area contributed by atoms with Gasteiger partial charge in [-0.2, -0.15) is 10.2 Å². The summed E-state index contributed by atoms with van der Waals surface area (Å²) in [7, 11) is 2.79. The Morgan fingerprint density at radius 2 is 2.05 bits per heavy atom. The first-order valence-electron chi connectivity index (χ1n) is 6.58. The Hall–Kier alpha value is -2.68. The summed E-state index contributed by atoms with van der Waals surface area (Å²) in [5.74, 6) is -1.07. The Morgan fingerprint density at radius 1 is 1.27 bits per heavy atom. The van der Waals surface area contributed by atoms with Crippen LogP contribution >= 0.6 is 0 Å². The molecule has 1 amide bonds. The largest absolute Gasteiger partial charge is 0.464 e. The molecule has 9 heteroatoms. The Bertz CT molecular complexity index is 676. The number of aromatic nitrogens is 4. The molecule has 9 nitrogen and oxygen atoms in total. The molecule has 0 radical (unpaired) electrons. The van der Waals surface area contributed by atoms with Crippen LogP contribution < -0.4 is 5.32 Å². The molecule has 0 saturated heterocycles. The van der Waals surface area contributed by atoms with E-state index in [-0.39, 0.29) is 23.8 Å².